The van der Waals surface area contributed by atoms with Crippen molar-refractivity contribution in [3.05, 3.63) is 141 Å². The lowest BCUT2D eigenvalue weighted by atomic mass is 10.0. The number of pyridine rings is 4. The maximum absolute atomic E-state index is 7.34. The number of hydrogen-bond acceptors (Lipinski definition) is 2. The first kappa shape index (κ1) is 40.9. The summed E-state index contributed by atoms with van der Waals surface area (Å²) in [7, 11) is 7.69. The quantitative estimate of drug-likeness (QED) is 0.173. The van der Waals surface area contributed by atoms with Crippen LogP contribution in [0.1, 0.15) is 22.8 Å². The van der Waals surface area contributed by atoms with Gasteiger partial charge in [0.2, 0.25) is 0 Å². The van der Waals surface area contributed by atoms with Crippen LogP contribution in [0.2, 0.25) is 20.1 Å². The molecule has 0 fully saturated rings. The van der Waals surface area contributed by atoms with Crippen molar-refractivity contribution in [3.63, 3.8) is 0 Å². The van der Waals surface area contributed by atoms with Crippen LogP contribution in [-0.4, -0.2) is 19.9 Å². The van der Waals surface area contributed by atoms with Crippen molar-refractivity contribution in [3.8, 4) is 44.5 Å². The van der Waals surface area contributed by atoms with Gasteiger partial charge in [0.25, 0.3) is 0 Å². The molecule has 2 aliphatic rings. The molecular formula is C44H30Cl8N8+4. The number of aromatic amines is 2. The highest BCUT2D eigenvalue weighted by Crippen LogP contribution is 2.51. The highest BCUT2D eigenvalue weighted by atomic mass is 35.5. The standard InChI is InChI=1S/C44H29Cl8N8/c1-57-13-5-21(6-14-57)25-37-29(45)31(47)39(53-37)26(22-7-15-58(2)16-8-22)41-33(49)35(51)43(55-41)28(24-11-19-60(4)20-12-24)44-36(52)34(50)42(56-44)27(23-9-17-59(3)18-10-23)40-32(48)30(46)38(25)54-40/h5-20H,1-4H3,(H,53,54,55,56)/q+3/p+1. The first-order valence-corrected chi connectivity index (χ1v) is 21.3. The molecule has 9 rings (SSSR count). The fraction of sp³-hybridized carbons (Fsp3) is 0.0909. The molecule has 298 valence electrons. The molecule has 7 aromatic heterocycles. The summed E-state index contributed by atoms with van der Waals surface area (Å²) in [5, 5.41) is 1.53. The average Bonchev–Trinajstić information content (AvgIpc) is 3.89. The molecule has 8 nitrogen and oxygen atoms in total. The minimum Gasteiger partial charge on any atom is -0.352 e. The molecular weight excluding hydrogens is 924 g/mol. The molecule has 16 heteroatoms. The third-order valence-electron chi connectivity index (χ3n) is 10.4. The van der Waals surface area contributed by atoms with Crippen LogP contribution in [0.4, 0.5) is 0 Å². The molecule has 0 spiro atoms. The minimum absolute atomic E-state index is 0.177. The summed E-state index contributed by atoms with van der Waals surface area (Å²) in [5.41, 5.74) is 8.05. The van der Waals surface area contributed by atoms with Crippen LogP contribution in [0.25, 0.3) is 86.7 Å². The van der Waals surface area contributed by atoms with Crippen LogP contribution in [0, 0.1) is 0 Å². The van der Waals surface area contributed by atoms with Gasteiger partial charge in [-0.05, 0) is 22.3 Å². The fourth-order valence-electron chi connectivity index (χ4n) is 7.36. The summed E-state index contributed by atoms with van der Waals surface area (Å²) in [6, 6.07) is 15.4. The summed E-state index contributed by atoms with van der Waals surface area (Å²) in [6.45, 7) is 0. The first-order valence-electron chi connectivity index (χ1n) is 18.2. The Balaban J connectivity index is 1.62. The van der Waals surface area contributed by atoms with Crippen LogP contribution < -0.4 is 18.3 Å². The van der Waals surface area contributed by atoms with Gasteiger partial charge in [0.1, 0.15) is 28.2 Å². The minimum atomic E-state index is 0.177. The van der Waals surface area contributed by atoms with Gasteiger partial charge in [-0.1, -0.05) is 92.8 Å². The highest BCUT2D eigenvalue weighted by molar-refractivity contribution is 6.67. The maximum atomic E-state index is 7.34. The first-order chi connectivity index (χ1) is 28.7. The third kappa shape index (κ3) is 6.78. The number of aryl methyl sites for hydroxylation is 4. The number of rotatable bonds is 4. The van der Waals surface area contributed by atoms with E-state index in [1.54, 1.807) is 0 Å². The summed E-state index contributed by atoms with van der Waals surface area (Å²) < 4.78 is 7.65. The number of nitrogens with one attached hydrogen (secondary N) is 2. The Morgan fingerprint density at radius 2 is 0.517 bits per heavy atom. The van der Waals surface area contributed by atoms with E-state index in [2.05, 4.69) is 9.97 Å². The van der Waals surface area contributed by atoms with Gasteiger partial charge in [0, 0.05) is 70.8 Å². The van der Waals surface area contributed by atoms with E-state index in [1.165, 1.54) is 0 Å². The van der Waals surface area contributed by atoms with Gasteiger partial charge in [-0.25, -0.2) is 28.2 Å². The third-order valence-corrected chi connectivity index (χ3v) is 13.8. The van der Waals surface area contributed by atoms with Gasteiger partial charge in [0.05, 0.1) is 85.1 Å². The second-order valence-corrected chi connectivity index (χ2v) is 17.4. The van der Waals surface area contributed by atoms with Crippen LogP contribution >= 0.6 is 92.8 Å². The number of fused-ring (bicyclic) bond motifs is 8. The number of nitrogens with zero attached hydrogens (tertiary/aromatic N) is 6. The van der Waals surface area contributed by atoms with Crippen LogP contribution in [0.15, 0.2) is 98.1 Å². The Kier molecular flexibility index (Phi) is 10.7. The molecule has 0 amide bonds. The van der Waals surface area contributed by atoms with E-state index in [9.17, 15) is 0 Å². The lowest BCUT2D eigenvalue weighted by Gasteiger charge is -2.07. The van der Waals surface area contributed by atoms with Gasteiger partial charge < -0.3 is 9.97 Å². The largest absolute Gasteiger partial charge is 0.352 e. The van der Waals surface area contributed by atoms with Crippen molar-refractivity contribution in [1.29, 1.82) is 0 Å². The highest BCUT2D eigenvalue weighted by Gasteiger charge is 2.32. The second-order valence-electron chi connectivity index (χ2n) is 14.4. The average molecular weight is 954 g/mol. The van der Waals surface area contributed by atoms with E-state index in [4.69, 9.17) is 103 Å². The molecule has 0 unspecified atom stereocenters. The van der Waals surface area contributed by atoms with Gasteiger partial charge in [0.15, 0.2) is 49.6 Å². The van der Waals surface area contributed by atoms with Crippen LogP contribution in [0.3, 0.4) is 0 Å². The molecule has 7 aromatic rings. The molecule has 2 N–H and O–H groups in total. The zero-order chi connectivity index (χ0) is 42.3. The van der Waals surface area contributed by atoms with E-state index in [-0.39, 0.29) is 40.2 Å². The Hall–Kier alpha value is -4.48. The SMILES string of the molecule is C[n+]1ccc(-c2c3nc(c(-c4cc[n+](C)cc4)c4[nH]c(c(Cl)c4Cl)c(-c4cc[n+](C)cc4)c4nc(c(-c5cc[n+](C)cc5)c5[nH]c2c(Cl)c5Cl)C(Cl)=C4Cl)C(Cl)=C3Cl)cc1. The summed E-state index contributed by atoms with van der Waals surface area (Å²) in [4.78, 5) is 17.6. The van der Waals surface area contributed by atoms with E-state index < -0.39 is 0 Å². The zero-order valence-electron chi connectivity index (χ0n) is 31.9. The Morgan fingerprint density at radius 1 is 0.333 bits per heavy atom. The van der Waals surface area contributed by atoms with Crippen molar-refractivity contribution in [2.24, 2.45) is 28.2 Å². The molecule has 9 heterocycles. The van der Waals surface area contributed by atoms with Gasteiger partial charge in [-0.15, -0.1) is 0 Å². The molecule has 0 atom stereocenters. The van der Waals surface area contributed by atoms with E-state index in [0.29, 0.717) is 67.1 Å². The molecule has 0 aliphatic carbocycles. The van der Waals surface area contributed by atoms with E-state index in [1.807, 2.05) is 145 Å². The normalized spacial score (nSPS) is 12.9. The maximum Gasteiger partial charge on any atom is 0.169 e. The van der Waals surface area contributed by atoms with Gasteiger partial charge in [-0.2, -0.15) is 0 Å². The fourth-order valence-corrected chi connectivity index (χ4v) is 9.21. The van der Waals surface area contributed by atoms with Crippen molar-refractivity contribution in [2.45, 2.75) is 0 Å². The van der Waals surface area contributed by atoms with Crippen LogP contribution in [0.5, 0.6) is 0 Å². The summed E-state index contributed by atoms with van der Waals surface area (Å²) >= 11 is 58.7. The van der Waals surface area contributed by atoms with Crippen molar-refractivity contribution < 1.29 is 18.3 Å². The van der Waals surface area contributed by atoms with Crippen LogP contribution in [-0.2, 0) is 28.2 Å². The topological polar surface area (TPSA) is 72.9 Å². The van der Waals surface area contributed by atoms with Crippen molar-refractivity contribution in [2.75, 3.05) is 0 Å². The molecule has 0 saturated heterocycles. The number of hydrogen-bond donors (Lipinski definition) is 2. The van der Waals surface area contributed by atoms with Crippen molar-refractivity contribution in [1.82, 2.24) is 19.9 Å². The molecule has 60 heavy (non-hydrogen) atoms. The monoisotopic (exact) mass is 950 g/mol. The smallest absolute Gasteiger partial charge is 0.169 e. The van der Waals surface area contributed by atoms with E-state index in [0.717, 1.165) is 22.3 Å². The van der Waals surface area contributed by atoms with Gasteiger partial charge >= 0.3 is 0 Å². The predicted molar refractivity (Wildman–Crippen MR) is 245 cm³/mol. The van der Waals surface area contributed by atoms with Gasteiger partial charge in [-0.3, -0.25) is 0 Å². The molecule has 2 aliphatic heterocycles. The summed E-state index contributed by atoms with van der Waals surface area (Å²) in [5.74, 6) is 0. The molecule has 0 saturated carbocycles. The Labute approximate surface area is 384 Å². The Morgan fingerprint density at radius 3 is 0.700 bits per heavy atom. The summed E-state index contributed by atoms with van der Waals surface area (Å²) in [6.07, 6.45) is 15.2. The predicted octanol–water partition coefficient (Wildman–Crippen LogP) is 11.5. The van der Waals surface area contributed by atoms with Crippen molar-refractivity contribution >= 4 is 135 Å². The second kappa shape index (κ2) is 15.8. The lowest BCUT2D eigenvalue weighted by Crippen LogP contribution is -2.25. The number of halogens is 8. The van der Waals surface area contributed by atoms with E-state index >= 15 is 0 Å². The molecule has 0 radical (unpaired) electrons. The zero-order valence-corrected chi connectivity index (χ0v) is 38.0. The number of aromatic nitrogens is 8. The molecule has 8 bridgehead atoms. The lowest BCUT2D eigenvalue weighted by molar-refractivity contribution is -0.671. The Bertz CT molecular complexity index is 2770. The molecule has 0 aromatic carbocycles. The number of H-pyrrole nitrogens is 2.